The number of allylic oxidation sites excluding steroid dienone is 2. The third-order valence-electron chi connectivity index (χ3n) is 3.01. The van der Waals surface area contributed by atoms with Gasteiger partial charge in [-0.05, 0) is 6.08 Å². The van der Waals surface area contributed by atoms with Crippen molar-refractivity contribution in [3.63, 3.8) is 0 Å². The third-order valence-corrected chi connectivity index (χ3v) is 3.01. The summed E-state index contributed by atoms with van der Waals surface area (Å²) < 4.78 is 0. The molecule has 0 unspecified atom stereocenters. The van der Waals surface area contributed by atoms with Crippen LogP contribution in [-0.2, 0) is 0 Å². The fraction of sp³-hybridized carbons (Fsp3) is 0.143. The number of hydrogen-bond donors (Lipinski definition) is 1. The Morgan fingerprint density at radius 2 is 1.71 bits per heavy atom. The number of hydrogen-bond acceptors (Lipinski definition) is 7. The van der Waals surface area contributed by atoms with Crippen molar-refractivity contribution in [1.82, 2.24) is 25.0 Å². The SMILES string of the molecule is ON1CC=CC=C1CN(c1cnccn1)c1cnccn1. The first-order chi connectivity index (χ1) is 10.3. The summed E-state index contributed by atoms with van der Waals surface area (Å²) in [5.41, 5.74) is 0.744. The van der Waals surface area contributed by atoms with Gasteiger partial charge >= 0.3 is 0 Å². The van der Waals surface area contributed by atoms with Gasteiger partial charge in [-0.1, -0.05) is 12.2 Å². The van der Waals surface area contributed by atoms with Crippen LogP contribution in [0.3, 0.4) is 0 Å². The molecule has 3 rings (SSSR count). The summed E-state index contributed by atoms with van der Waals surface area (Å²) in [6, 6.07) is 0. The van der Waals surface area contributed by atoms with Gasteiger partial charge < -0.3 is 4.90 Å². The highest BCUT2D eigenvalue weighted by molar-refractivity contribution is 5.55. The second-order valence-electron chi connectivity index (χ2n) is 4.38. The minimum absolute atomic E-state index is 0.415. The second kappa shape index (κ2) is 6.10. The molecule has 2 aromatic rings. The van der Waals surface area contributed by atoms with Gasteiger partial charge in [-0.15, -0.1) is 0 Å². The Balaban J connectivity index is 1.93. The predicted molar refractivity (Wildman–Crippen MR) is 76.8 cm³/mol. The topological polar surface area (TPSA) is 78.3 Å². The average molecular weight is 282 g/mol. The van der Waals surface area contributed by atoms with Crippen LogP contribution in [0.5, 0.6) is 0 Å². The van der Waals surface area contributed by atoms with Crippen molar-refractivity contribution in [3.05, 3.63) is 61.1 Å². The molecule has 1 N–H and O–H groups in total. The molecule has 0 aliphatic carbocycles. The summed E-state index contributed by atoms with van der Waals surface area (Å²) in [5, 5.41) is 11.1. The fourth-order valence-corrected chi connectivity index (χ4v) is 1.98. The summed E-state index contributed by atoms with van der Waals surface area (Å²) in [6.45, 7) is 0.874. The van der Waals surface area contributed by atoms with Gasteiger partial charge in [0.05, 0.1) is 31.2 Å². The Morgan fingerprint density at radius 1 is 1.05 bits per heavy atom. The van der Waals surface area contributed by atoms with Crippen molar-refractivity contribution in [2.24, 2.45) is 0 Å². The Hall–Kier alpha value is -2.80. The van der Waals surface area contributed by atoms with Gasteiger partial charge in [0, 0.05) is 24.8 Å². The Bertz CT molecular complexity index is 604. The molecule has 0 spiro atoms. The molecule has 7 heteroatoms. The molecule has 0 amide bonds. The second-order valence-corrected chi connectivity index (χ2v) is 4.38. The van der Waals surface area contributed by atoms with E-state index >= 15 is 0 Å². The summed E-state index contributed by atoms with van der Waals surface area (Å²) in [6.07, 6.45) is 15.4. The van der Waals surface area contributed by atoms with E-state index in [1.807, 2.05) is 23.1 Å². The third kappa shape index (κ3) is 3.03. The first kappa shape index (κ1) is 13.2. The molecule has 0 saturated carbocycles. The molecule has 2 aromatic heterocycles. The van der Waals surface area contributed by atoms with Crippen LogP contribution >= 0.6 is 0 Å². The molecule has 0 aromatic carbocycles. The molecule has 0 saturated heterocycles. The fourth-order valence-electron chi connectivity index (χ4n) is 1.98. The highest BCUT2D eigenvalue weighted by Gasteiger charge is 2.17. The van der Waals surface area contributed by atoms with Crippen molar-refractivity contribution in [3.8, 4) is 0 Å². The Kier molecular flexibility index (Phi) is 3.83. The molecule has 21 heavy (non-hydrogen) atoms. The van der Waals surface area contributed by atoms with Gasteiger partial charge in [-0.2, -0.15) is 0 Å². The first-order valence-electron chi connectivity index (χ1n) is 6.46. The summed E-state index contributed by atoms with van der Waals surface area (Å²) in [7, 11) is 0. The van der Waals surface area contributed by atoms with E-state index in [1.54, 1.807) is 37.2 Å². The maximum absolute atomic E-state index is 9.93. The van der Waals surface area contributed by atoms with Crippen molar-refractivity contribution < 1.29 is 5.21 Å². The van der Waals surface area contributed by atoms with E-state index in [0.29, 0.717) is 24.7 Å². The van der Waals surface area contributed by atoms with Gasteiger partial charge in [-0.25, -0.2) is 9.97 Å². The molecule has 7 nitrogen and oxygen atoms in total. The zero-order valence-corrected chi connectivity index (χ0v) is 11.2. The molecule has 1 aliphatic heterocycles. The zero-order valence-electron chi connectivity index (χ0n) is 11.2. The van der Waals surface area contributed by atoms with Crippen LogP contribution < -0.4 is 4.90 Å². The average Bonchev–Trinajstić information content (AvgIpc) is 2.56. The lowest BCUT2D eigenvalue weighted by molar-refractivity contribution is -0.0462. The molecular weight excluding hydrogens is 268 g/mol. The van der Waals surface area contributed by atoms with Gasteiger partial charge in [-0.3, -0.25) is 20.2 Å². The molecule has 0 bridgehead atoms. The van der Waals surface area contributed by atoms with Crippen LogP contribution in [0, 0.1) is 0 Å². The minimum Gasteiger partial charge on any atom is -0.302 e. The first-order valence-corrected chi connectivity index (χ1v) is 6.46. The van der Waals surface area contributed by atoms with Gasteiger partial charge in [0.15, 0.2) is 11.6 Å². The molecular formula is C14H14N6O. The molecule has 1 aliphatic rings. The van der Waals surface area contributed by atoms with Crippen LogP contribution in [0.15, 0.2) is 61.1 Å². The lowest BCUT2D eigenvalue weighted by Gasteiger charge is -2.28. The number of nitrogens with zero attached hydrogens (tertiary/aromatic N) is 6. The molecule has 0 radical (unpaired) electrons. The maximum atomic E-state index is 9.93. The highest BCUT2D eigenvalue weighted by Crippen LogP contribution is 2.22. The smallest absolute Gasteiger partial charge is 0.153 e. The maximum Gasteiger partial charge on any atom is 0.153 e. The largest absolute Gasteiger partial charge is 0.302 e. The minimum atomic E-state index is 0.415. The van der Waals surface area contributed by atoms with Crippen molar-refractivity contribution in [2.45, 2.75) is 0 Å². The van der Waals surface area contributed by atoms with Crippen LogP contribution in [0.1, 0.15) is 0 Å². The van der Waals surface area contributed by atoms with Crippen molar-refractivity contribution in [2.75, 3.05) is 18.0 Å². The van der Waals surface area contributed by atoms with E-state index in [-0.39, 0.29) is 0 Å². The lowest BCUT2D eigenvalue weighted by Crippen LogP contribution is -2.31. The van der Waals surface area contributed by atoms with Crippen LogP contribution in [-0.4, -0.2) is 43.3 Å². The van der Waals surface area contributed by atoms with Gasteiger partial charge in [0.2, 0.25) is 0 Å². The molecule has 0 fully saturated rings. The Labute approximate surface area is 121 Å². The van der Waals surface area contributed by atoms with Gasteiger partial charge in [0.25, 0.3) is 0 Å². The van der Waals surface area contributed by atoms with E-state index in [1.165, 1.54) is 5.06 Å². The van der Waals surface area contributed by atoms with E-state index in [2.05, 4.69) is 19.9 Å². The van der Waals surface area contributed by atoms with Crippen molar-refractivity contribution in [1.29, 1.82) is 0 Å². The highest BCUT2D eigenvalue weighted by atomic mass is 16.5. The van der Waals surface area contributed by atoms with Crippen LogP contribution in [0.25, 0.3) is 0 Å². The van der Waals surface area contributed by atoms with Crippen LogP contribution in [0.4, 0.5) is 11.6 Å². The lowest BCUT2D eigenvalue weighted by atomic mass is 10.2. The Morgan fingerprint density at radius 3 is 2.24 bits per heavy atom. The van der Waals surface area contributed by atoms with E-state index in [9.17, 15) is 5.21 Å². The summed E-state index contributed by atoms with van der Waals surface area (Å²) in [4.78, 5) is 18.6. The predicted octanol–water partition coefficient (Wildman–Crippen LogP) is 1.55. The quantitative estimate of drug-likeness (QED) is 0.911. The monoisotopic (exact) mass is 282 g/mol. The van der Waals surface area contributed by atoms with Crippen LogP contribution in [0.2, 0.25) is 0 Å². The van der Waals surface area contributed by atoms with E-state index in [0.717, 1.165) is 5.70 Å². The molecule has 106 valence electrons. The zero-order chi connectivity index (χ0) is 14.5. The van der Waals surface area contributed by atoms with Crippen molar-refractivity contribution >= 4 is 11.6 Å². The normalized spacial score (nSPS) is 14.0. The standard InChI is InChI=1S/C14H14N6O/c21-20-8-2-1-3-12(20)11-19(13-9-15-4-6-17-13)14-10-16-5-7-18-14/h1-7,9-10,21H,8,11H2. The summed E-state index contributed by atoms with van der Waals surface area (Å²) in [5.74, 6) is 1.28. The number of anilines is 2. The summed E-state index contributed by atoms with van der Waals surface area (Å²) >= 11 is 0. The number of hydroxylamine groups is 2. The number of rotatable bonds is 4. The van der Waals surface area contributed by atoms with Gasteiger partial charge in [0.1, 0.15) is 0 Å². The molecule has 0 atom stereocenters. The van der Waals surface area contributed by atoms with E-state index in [4.69, 9.17) is 0 Å². The number of aromatic nitrogens is 4. The van der Waals surface area contributed by atoms with E-state index < -0.39 is 0 Å². The molecule has 3 heterocycles.